The fourth-order valence-corrected chi connectivity index (χ4v) is 0.988. The van der Waals surface area contributed by atoms with Gasteiger partial charge in [0.15, 0.2) is 0 Å². The van der Waals surface area contributed by atoms with Gasteiger partial charge in [-0.15, -0.1) is 0 Å². The highest BCUT2D eigenvalue weighted by molar-refractivity contribution is 5.77. The molecule has 0 aromatic rings. The Bertz CT molecular complexity index is 204. The first-order valence-electron chi connectivity index (χ1n) is 5.25. The third kappa shape index (κ3) is 10.8. The van der Waals surface area contributed by atoms with E-state index in [4.69, 9.17) is 4.74 Å². The van der Waals surface area contributed by atoms with Gasteiger partial charge in [0.1, 0.15) is 6.61 Å². The molecule has 5 nitrogen and oxygen atoms in total. The van der Waals surface area contributed by atoms with Crippen molar-refractivity contribution in [3.8, 4) is 0 Å². The van der Waals surface area contributed by atoms with E-state index in [-0.39, 0.29) is 21.3 Å². The van der Waals surface area contributed by atoms with Crippen LogP contribution < -0.4 is 10.6 Å². The summed E-state index contributed by atoms with van der Waals surface area (Å²) in [6.45, 7) is 5.31. The van der Waals surface area contributed by atoms with E-state index in [1.54, 1.807) is 0 Å². The lowest BCUT2D eigenvalue weighted by Gasteiger charge is -2.05. The van der Waals surface area contributed by atoms with Crippen LogP contribution in [0, 0.1) is 0 Å². The molecule has 0 saturated carbocycles. The summed E-state index contributed by atoms with van der Waals surface area (Å²) in [4.78, 5) is 21.5. The Balaban J connectivity index is -0.000000980. The molecule has 0 heterocycles. The Morgan fingerprint density at radius 2 is 1.80 bits per heavy atom. The Morgan fingerprint density at radius 3 is 2.33 bits per heavy atom. The lowest BCUT2D eigenvalue weighted by molar-refractivity contribution is -0.125. The number of hydrogen-bond acceptors (Lipinski definition) is 3. The zero-order chi connectivity index (χ0) is 11.5. The number of amides is 2. The Hall–Kier alpha value is -1.10. The molecule has 2 N–H and O–H groups in total. The van der Waals surface area contributed by atoms with Gasteiger partial charge in [0, 0.05) is 29.5 Å². The smallest absolute Gasteiger partial charge is 0.245 e. The zero-order valence-corrected chi connectivity index (χ0v) is 9.47. The average Bonchev–Trinajstić information content (AvgIpc) is 2.19. The van der Waals surface area contributed by atoms with E-state index in [1.165, 1.54) is 6.92 Å². The van der Waals surface area contributed by atoms with Crippen LogP contribution in [0.15, 0.2) is 0 Å². The fourth-order valence-electron chi connectivity index (χ4n) is 0.988. The van der Waals surface area contributed by atoms with E-state index in [0.717, 1.165) is 12.8 Å². The van der Waals surface area contributed by atoms with Crippen LogP contribution in [0.3, 0.4) is 0 Å². The summed E-state index contributed by atoms with van der Waals surface area (Å²) in [6, 6.07) is 0. The van der Waals surface area contributed by atoms with Crippen LogP contribution in [-0.2, 0) is 14.3 Å². The molecule has 92 valence electrons. The number of hydrogen-bond donors (Lipinski definition) is 2. The van der Waals surface area contributed by atoms with Gasteiger partial charge in [0.05, 0.1) is 0 Å². The van der Waals surface area contributed by atoms with Gasteiger partial charge in [-0.05, 0) is 19.8 Å². The third-order valence-electron chi connectivity index (χ3n) is 1.74. The Kier molecular flexibility index (Phi) is 8.76. The van der Waals surface area contributed by atoms with E-state index in [2.05, 4.69) is 10.6 Å². The van der Waals surface area contributed by atoms with Crippen molar-refractivity contribution in [1.82, 2.24) is 10.6 Å². The molecule has 0 aromatic carbocycles. The van der Waals surface area contributed by atoms with Gasteiger partial charge >= 0.3 is 0 Å². The maximum atomic E-state index is 11.0. The molecule has 0 aliphatic rings. The summed E-state index contributed by atoms with van der Waals surface area (Å²) in [7, 11) is 0. The quantitative estimate of drug-likeness (QED) is 0.587. The molecular weight excluding hydrogens is 196 g/mol. The fraction of sp³-hybridized carbons (Fsp3) is 0.800. The van der Waals surface area contributed by atoms with Crippen molar-refractivity contribution in [2.75, 3.05) is 26.3 Å². The van der Waals surface area contributed by atoms with Crippen LogP contribution in [0.1, 0.15) is 29.5 Å². The van der Waals surface area contributed by atoms with Crippen LogP contribution >= 0.6 is 0 Å². The first kappa shape index (κ1) is 13.9. The molecule has 0 aromatic heterocycles. The van der Waals surface area contributed by atoms with Gasteiger partial charge in [0.25, 0.3) is 0 Å². The number of carbonyl (C=O) groups is 2. The predicted molar refractivity (Wildman–Crippen MR) is 61.6 cm³/mol. The highest BCUT2D eigenvalue weighted by Crippen LogP contribution is 1.85. The normalized spacial score (nSPS) is 9.73. The molecule has 15 heavy (non-hydrogen) atoms. The predicted octanol–water partition coefficient (Wildman–Crippen LogP) is 0.547. The lowest BCUT2D eigenvalue weighted by atomic mass is 10.3. The Labute approximate surface area is 93.5 Å². The molecule has 0 aliphatic carbocycles. The summed E-state index contributed by atoms with van der Waals surface area (Å²) in [5.41, 5.74) is 0. The van der Waals surface area contributed by atoms with Gasteiger partial charge in [-0.3, -0.25) is 9.59 Å². The van der Waals surface area contributed by atoms with E-state index >= 15 is 0 Å². The second kappa shape index (κ2) is 9.45. The maximum Gasteiger partial charge on any atom is 0.245 e. The number of unbranched alkanes of at least 4 members (excludes halogenated alkanes) is 1. The molecule has 5 heteroatoms. The molecule has 2 amide bonds. The molecule has 0 unspecified atom stereocenters. The van der Waals surface area contributed by atoms with Crippen molar-refractivity contribution in [3.63, 3.8) is 0 Å². The van der Waals surface area contributed by atoms with Gasteiger partial charge < -0.3 is 15.4 Å². The number of ether oxygens (including phenoxy) is 1. The molecule has 0 rings (SSSR count). The molecular formula is C10H24N2O3. The van der Waals surface area contributed by atoms with Crippen molar-refractivity contribution in [1.29, 1.82) is 0 Å². The summed E-state index contributed by atoms with van der Waals surface area (Å²) in [5, 5.41) is 5.42. The first-order valence-corrected chi connectivity index (χ1v) is 5.25. The van der Waals surface area contributed by atoms with E-state index < -0.39 is 0 Å². The SMILES string of the molecule is CCOCC(=O)NCCCCNC(C)=O.[HH].[HH]. The zero-order valence-electron chi connectivity index (χ0n) is 9.47. The van der Waals surface area contributed by atoms with Gasteiger partial charge in [0.2, 0.25) is 11.8 Å². The van der Waals surface area contributed by atoms with Crippen LogP contribution in [0.2, 0.25) is 0 Å². The summed E-state index contributed by atoms with van der Waals surface area (Å²) >= 11 is 0. The average molecular weight is 220 g/mol. The van der Waals surface area contributed by atoms with Crippen molar-refractivity contribution < 1.29 is 17.2 Å². The lowest BCUT2D eigenvalue weighted by Crippen LogP contribution is -2.29. The molecule has 0 bridgehead atoms. The molecule has 0 saturated heterocycles. The molecule has 0 radical (unpaired) electrons. The minimum absolute atomic E-state index is 0. The molecule has 0 atom stereocenters. The monoisotopic (exact) mass is 220 g/mol. The molecule has 0 fully saturated rings. The number of carbonyl (C=O) groups excluding carboxylic acids is 2. The van der Waals surface area contributed by atoms with E-state index in [1.807, 2.05) is 6.92 Å². The number of rotatable bonds is 8. The van der Waals surface area contributed by atoms with Crippen LogP contribution in [-0.4, -0.2) is 38.1 Å². The van der Waals surface area contributed by atoms with E-state index in [9.17, 15) is 9.59 Å². The van der Waals surface area contributed by atoms with Crippen LogP contribution in [0.5, 0.6) is 0 Å². The standard InChI is InChI=1S/C10H20N2O3.2H2/c1-3-15-8-10(14)12-7-5-4-6-11-9(2)13;;/h3-8H2,1-2H3,(H,11,13)(H,12,14);2*1H. The maximum absolute atomic E-state index is 11.0. The first-order chi connectivity index (χ1) is 7.16. The van der Waals surface area contributed by atoms with Crippen LogP contribution in [0.4, 0.5) is 0 Å². The third-order valence-corrected chi connectivity index (χ3v) is 1.74. The van der Waals surface area contributed by atoms with Gasteiger partial charge in [-0.2, -0.15) is 0 Å². The van der Waals surface area contributed by atoms with Crippen molar-refractivity contribution >= 4 is 11.8 Å². The summed E-state index contributed by atoms with van der Waals surface area (Å²) in [6.07, 6.45) is 1.73. The van der Waals surface area contributed by atoms with Gasteiger partial charge in [-0.25, -0.2) is 0 Å². The largest absolute Gasteiger partial charge is 0.372 e. The van der Waals surface area contributed by atoms with E-state index in [0.29, 0.717) is 19.7 Å². The molecule has 0 aliphatic heterocycles. The van der Waals surface area contributed by atoms with Crippen molar-refractivity contribution in [3.05, 3.63) is 0 Å². The highest BCUT2D eigenvalue weighted by Gasteiger charge is 1.98. The minimum atomic E-state index is -0.0867. The summed E-state index contributed by atoms with van der Waals surface area (Å²) in [5.74, 6) is -0.105. The van der Waals surface area contributed by atoms with Gasteiger partial charge in [-0.1, -0.05) is 0 Å². The second-order valence-corrected chi connectivity index (χ2v) is 3.18. The summed E-state index contributed by atoms with van der Waals surface area (Å²) < 4.78 is 4.94. The molecule has 0 spiro atoms. The highest BCUT2D eigenvalue weighted by atomic mass is 16.5. The van der Waals surface area contributed by atoms with Crippen molar-refractivity contribution in [2.45, 2.75) is 26.7 Å². The number of nitrogens with one attached hydrogen (secondary N) is 2. The van der Waals surface area contributed by atoms with Crippen molar-refractivity contribution in [2.24, 2.45) is 0 Å². The Morgan fingerprint density at radius 1 is 1.20 bits per heavy atom. The van der Waals surface area contributed by atoms with Crippen LogP contribution in [0.25, 0.3) is 0 Å². The topological polar surface area (TPSA) is 67.4 Å². The second-order valence-electron chi connectivity index (χ2n) is 3.18. The minimum Gasteiger partial charge on any atom is -0.372 e.